The fourth-order valence-electron chi connectivity index (χ4n) is 3.75. The zero-order valence-corrected chi connectivity index (χ0v) is 17.3. The molecule has 0 saturated heterocycles. The molecular weight excluding hydrogens is 382 g/mol. The molecule has 0 bridgehead atoms. The molecule has 152 valence electrons. The summed E-state index contributed by atoms with van der Waals surface area (Å²) in [6, 6.07) is 21.2. The summed E-state index contributed by atoms with van der Waals surface area (Å²) in [6.45, 7) is 2.75. The molecule has 5 rings (SSSR count). The first-order chi connectivity index (χ1) is 15.2. The largest absolute Gasteiger partial charge is 0.368 e. The van der Waals surface area contributed by atoms with E-state index in [9.17, 15) is 0 Å². The predicted octanol–water partition coefficient (Wildman–Crippen LogP) is 4.91. The van der Waals surface area contributed by atoms with Gasteiger partial charge < -0.3 is 10.6 Å². The van der Waals surface area contributed by atoms with Crippen molar-refractivity contribution in [2.75, 3.05) is 0 Å². The first-order valence-electron chi connectivity index (χ1n) is 10.3. The second-order valence-electron chi connectivity index (χ2n) is 7.67. The van der Waals surface area contributed by atoms with Crippen molar-refractivity contribution in [1.82, 2.24) is 20.6 Å². The maximum Gasteiger partial charge on any atom is 0.102 e. The molecule has 0 amide bonds. The van der Waals surface area contributed by atoms with E-state index in [1.54, 1.807) is 6.34 Å². The van der Waals surface area contributed by atoms with Gasteiger partial charge in [-0.15, -0.1) is 0 Å². The second kappa shape index (κ2) is 8.40. The van der Waals surface area contributed by atoms with Gasteiger partial charge in [-0.1, -0.05) is 36.4 Å². The lowest BCUT2D eigenvalue weighted by molar-refractivity contribution is 0.730. The molecule has 0 spiro atoms. The average Bonchev–Trinajstić information content (AvgIpc) is 2.83. The lowest BCUT2D eigenvalue weighted by Crippen LogP contribution is -2.28. The lowest BCUT2D eigenvalue weighted by atomic mass is 10.0. The summed E-state index contributed by atoms with van der Waals surface area (Å²) in [7, 11) is 0. The minimum atomic E-state index is -0.0152. The SMILES string of the molecule is Cc1cc(-c2ccc(CNC3=CC(c4ccc5cnccc5c4)N=CN3)cc2)ccn1. The van der Waals surface area contributed by atoms with Crippen LogP contribution in [0.5, 0.6) is 0 Å². The Kier molecular flexibility index (Phi) is 5.15. The first-order valence-corrected chi connectivity index (χ1v) is 10.3. The Morgan fingerprint density at radius 1 is 0.903 bits per heavy atom. The molecule has 5 nitrogen and oxygen atoms in total. The fourth-order valence-corrected chi connectivity index (χ4v) is 3.75. The summed E-state index contributed by atoms with van der Waals surface area (Å²) in [4.78, 5) is 13.0. The molecule has 0 aliphatic carbocycles. The summed E-state index contributed by atoms with van der Waals surface area (Å²) in [5, 5.41) is 9.00. The molecule has 2 N–H and O–H groups in total. The van der Waals surface area contributed by atoms with E-state index in [1.807, 2.05) is 37.6 Å². The third kappa shape index (κ3) is 4.31. The van der Waals surface area contributed by atoms with Crippen molar-refractivity contribution in [2.24, 2.45) is 4.99 Å². The highest BCUT2D eigenvalue weighted by atomic mass is 15.1. The molecule has 2 aromatic heterocycles. The van der Waals surface area contributed by atoms with E-state index in [2.05, 4.69) is 80.2 Å². The van der Waals surface area contributed by atoms with Crippen molar-refractivity contribution in [3.05, 3.63) is 108 Å². The molecule has 31 heavy (non-hydrogen) atoms. The Bertz CT molecular complexity index is 1270. The minimum absolute atomic E-state index is 0.0152. The number of aromatic nitrogens is 2. The monoisotopic (exact) mass is 405 g/mol. The van der Waals surface area contributed by atoms with Crippen LogP contribution in [0.15, 0.2) is 96.1 Å². The molecule has 4 aromatic rings. The summed E-state index contributed by atoms with van der Waals surface area (Å²) >= 11 is 0. The van der Waals surface area contributed by atoms with E-state index >= 15 is 0 Å². The van der Waals surface area contributed by atoms with Crippen LogP contribution >= 0.6 is 0 Å². The molecule has 1 aliphatic rings. The van der Waals surface area contributed by atoms with Gasteiger partial charge in [-0.2, -0.15) is 0 Å². The van der Waals surface area contributed by atoms with Crippen LogP contribution in [0.25, 0.3) is 21.9 Å². The van der Waals surface area contributed by atoms with Gasteiger partial charge in [-0.3, -0.25) is 15.0 Å². The molecule has 1 aliphatic heterocycles. The van der Waals surface area contributed by atoms with Gasteiger partial charge in [0, 0.05) is 36.2 Å². The molecule has 3 heterocycles. The Balaban J connectivity index is 1.27. The number of aryl methyl sites for hydroxylation is 1. The van der Waals surface area contributed by atoms with Gasteiger partial charge in [0.1, 0.15) is 5.82 Å². The summed E-state index contributed by atoms with van der Waals surface area (Å²) in [6.07, 6.45) is 9.44. The van der Waals surface area contributed by atoms with Crippen LogP contribution in [0, 0.1) is 6.92 Å². The van der Waals surface area contributed by atoms with Crippen molar-refractivity contribution in [1.29, 1.82) is 0 Å². The normalized spacial score (nSPS) is 15.4. The Morgan fingerprint density at radius 3 is 2.68 bits per heavy atom. The van der Waals surface area contributed by atoms with Crippen molar-refractivity contribution < 1.29 is 0 Å². The van der Waals surface area contributed by atoms with Crippen molar-refractivity contribution in [2.45, 2.75) is 19.5 Å². The number of aliphatic imine (C=N–C) groups is 1. The van der Waals surface area contributed by atoms with Crippen LogP contribution in [0.2, 0.25) is 0 Å². The minimum Gasteiger partial charge on any atom is -0.368 e. The lowest BCUT2D eigenvalue weighted by Gasteiger charge is -2.19. The van der Waals surface area contributed by atoms with Crippen LogP contribution in [0.1, 0.15) is 22.9 Å². The Labute approximate surface area is 181 Å². The van der Waals surface area contributed by atoms with Crippen LogP contribution in [0.4, 0.5) is 0 Å². The van der Waals surface area contributed by atoms with Crippen molar-refractivity contribution in [3.8, 4) is 11.1 Å². The number of hydrogen-bond acceptors (Lipinski definition) is 5. The van der Waals surface area contributed by atoms with E-state index in [0.29, 0.717) is 0 Å². The molecule has 0 fully saturated rings. The highest BCUT2D eigenvalue weighted by molar-refractivity contribution is 5.82. The van der Waals surface area contributed by atoms with Gasteiger partial charge in [-0.05, 0) is 64.9 Å². The van der Waals surface area contributed by atoms with Gasteiger partial charge in [0.05, 0.1) is 12.4 Å². The zero-order valence-electron chi connectivity index (χ0n) is 17.3. The number of rotatable bonds is 5. The molecule has 0 saturated carbocycles. The summed E-state index contributed by atoms with van der Waals surface area (Å²) in [5.74, 6) is 0.962. The summed E-state index contributed by atoms with van der Waals surface area (Å²) < 4.78 is 0. The van der Waals surface area contributed by atoms with Crippen LogP contribution in [0.3, 0.4) is 0 Å². The van der Waals surface area contributed by atoms with E-state index < -0.39 is 0 Å². The fraction of sp³-hybridized carbons (Fsp3) is 0.115. The number of nitrogens with one attached hydrogen (secondary N) is 2. The van der Waals surface area contributed by atoms with E-state index in [-0.39, 0.29) is 6.04 Å². The maximum atomic E-state index is 4.59. The number of nitrogens with zero attached hydrogens (tertiary/aromatic N) is 3. The Morgan fingerprint density at radius 2 is 1.81 bits per heavy atom. The topological polar surface area (TPSA) is 62.2 Å². The smallest absolute Gasteiger partial charge is 0.102 e. The van der Waals surface area contributed by atoms with Crippen LogP contribution in [-0.2, 0) is 6.54 Å². The molecule has 2 aromatic carbocycles. The van der Waals surface area contributed by atoms with Gasteiger partial charge in [0.2, 0.25) is 0 Å². The van der Waals surface area contributed by atoms with Crippen LogP contribution in [-0.4, -0.2) is 16.3 Å². The van der Waals surface area contributed by atoms with Crippen molar-refractivity contribution >= 4 is 17.1 Å². The molecule has 5 heteroatoms. The van der Waals surface area contributed by atoms with E-state index in [1.165, 1.54) is 22.1 Å². The maximum absolute atomic E-state index is 4.59. The Hall–Kier alpha value is -3.99. The standard InChI is InChI=1S/C26H23N5/c1-18-12-21(9-11-28-18)20-4-2-19(3-5-20)15-29-26-14-25(30-17-31-26)23-6-7-24-16-27-10-8-22(24)13-23/h2-14,16-17,25,29H,15H2,1H3,(H,30,31). The van der Waals surface area contributed by atoms with Crippen molar-refractivity contribution in [3.63, 3.8) is 0 Å². The zero-order chi connectivity index (χ0) is 21.0. The number of pyridine rings is 2. The molecule has 0 radical (unpaired) electrons. The van der Waals surface area contributed by atoms with Gasteiger partial charge >= 0.3 is 0 Å². The highest BCUT2D eigenvalue weighted by Crippen LogP contribution is 2.25. The molecular formula is C26H23N5. The van der Waals surface area contributed by atoms with E-state index in [0.717, 1.165) is 29.0 Å². The second-order valence-corrected chi connectivity index (χ2v) is 7.67. The number of benzene rings is 2. The molecule has 1 unspecified atom stereocenters. The quantitative estimate of drug-likeness (QED) is 0.495. The average molecular weight is 406 g/mol. The number of fused-ring (bicyclic) bond motifs is 1. The predicted molar refractivity (Wildman–Crippen MR) is 125 cm³/mol. The number of hydrogen-bond donors (Lipinski definition) is 2. The van der Waals surface area contributed by atoms with E-state index in [4.69, 9.17) is 0 Å². The third-order valence-electron chi connectivity index (χ3n) is 5.45. The van der Waals surface area contributed by atoms with Gasteiger partial charge in [0.25, 0.3) is 0 Å². The molecule has 1 atom stereocenters. The van der Waals surface area contributed by atoms with Gasteiger partial charge in [-0.25, -0.2) is 0 Å². The van der Waals surface area contributed by atoms with Crippen LogP contribution < -0.4 is 10.6 Å². The highest BCUT2D eigenvalue weighted by Gasteiger charge is 2.12. The van der Waals surface area contributed by atoms with Gasteiger partial charge in [0.15, 0.2) is 0 Å². The third-order valence-corrected chi connectivity index (χ3v) is 5.45. The summed E-state index contributed by atoms with van der Waals surface area (Å²) in [5.41, 5.74) is 5.79. The first kappa shape index (κ1) is 19.0.